The fourth-order valence-electron chi connectivity index (χ4n) is 3.52. The molecule has 2 aliphatic heterocycles. The van der Waals surface area contributed by atoms with E-state index >= 15 is 0 Å². The van der Waals surface area contributed by atoms with Gasteiger partial charge in [0, 0.05) is 34.1 Å². The molecule has 2 aliphatic rings. The van der Waals surface area contributed by atoms with Crippen molar-refractivity contribution in [1.29, 1.82) is 0 Å². The lowest BCUT2D eigenvalue weighted by Gasteiger charge is -2.32. The van der Waals surface area contributed by atoms with Gasteiger partial charge in [0.1, 0.15) is 6.17 Å². The maximum atomic E-state index is 12.7. The molecule has 1 aromatic heterocycles. The van der Waals surface area contributed by atoms with Crippen molar-refractivity contribution in [3.05, 3.63) is 45.7 Å². The fourth-order valence-corrected chi connectivity index (χ4v) is 3.74. The van der Waals surface area contributed by atoms with Gasteiger partial charge in [0.05, 0.1) is 18.3 Å². The Kier molecular flexibility index (Phi) is 2.94. The number of aromatic nitrogens is 2. The second kappa shape index (κ2) is 4.74. The molecule has 1 amide bonds. The van der Waals surface area contributed by atoms with E-state index in [0.29, 0.717) is 11.6 Å². The summed E-state index contributed by atoms with van der Waals surface area (Å²) in [4.78, 5) is 14.5. The third kappa shape index (κ3) is 1.66. The van der Waals surface area contributed by atoms with Crippen LogP contribution in [0.5, 0.6) is 0 Å². The van der Waals surface area contributed by atoms with Crippen LogP contribution in [0.15, 0.2) is 18.3 Å². The number of halogens is 1. The van der Waals surface area contributed by atoms with E-state index in [-0.39, 0.29) is 12.1 Å². The van der Waals surface area contributed by atoms with E-state index in [1.807, 2.05) is 27.9 Å². The molecule has 0 radical (unpaired) electrons. The van der Waals surface area contributed by atoms with Gasteiger partial charge in [-0.05, 0) is 25.5 Å². The first-order valence-corrected chi connectivity index (χ1v) is 7.97. The van der Waals surface area contributed by atoms with Crippen molar-refractivity contribution in [3.8, 4) is 0 Å². The number of anilines is 1. The number of aryl methyl sites for hydroxylation is 1. The highest BCUT2D eigenvalue weighted by molar-refractivity contribution is 6.32. The number of nitrogens with zero attached hydrogens (tertiary/aromatic N) is 3. The molecule has 0 aliphatic carbocycles. The van der Waals surface area contributed by atoms with E-state index in [4.69, 9.17) is 11.6 Å². The van der Waals surface area contributed by atoms with Gasteiger partial charge in [-0.1, -0.05) is 18.5 Å². The molecule has 6 heteroatoms. The maximum Gasteiger partial charge on any atom is 0.258 e. The Morgan fingerprint density at radius 1 is 1.41 bits per heavy atom. The van der Waals surface area contributed by atoms with E-state index in [1.165, 1.54) is 5.69 Å². The van der Waals surface area contributed by atoms with E-state index in [1.54, 1.807) is 0 Å². The average Bonchev–Trinajstić information content (AvgIpc) is 3.05. The SMILES string of the molecule is CCc1c(C2Nc3ccc(Cl)c4c3C(=O)N2C4)cnn1CC. The molecule has 114 valence electrons. The zero-order valence-corrected chi connectivity index (χ0v) is 13.3. The van der Waals surface area contributed by atoms with Crippen molar-refractivity contribution >= 4 is 23.2 Å². The molecule has 4 rings (SSSR count). The van der Waals surface area contributed by atoms with E-state index in [0.717, 1.165) is 35.3 Å². The summed E-state index contributed by atoms with van der Waals surface area (Å²) in [7, 11) is 0. The first-order chi connectivity index (χ1) is 10.7. The van der Waals surface area contributed by atoms with E-state index in [2.05, 4.69) is 24.3 Å². The van der Waals surface area contributed by atoms with Crippen molar-refractivity contribution in [3.63, 3.8) is 0 Å². The molecule has 5 nitrogen and oxygen atoms in total. The summed E-state index contributed by atoms with van der Waals surface area (Å²) in [5, 5.41) is 8.60. The normalized spacial score (nSPS) is 18.8. The Balaban J connectivity index is 1.83. The minimum absolute atomic E-state index is 0.0579. The zero-order chi connectivity index (χ0) is 15.4. The highest BCUT2D eigenvalue weighted by Crippen LogP contribution is 2.44. The highest BCUT2D eigenvalue weighted by atomic mass is 35.5. The van der Waals surface area contributed by atoms with Gasteiger partial charge >= 0.3 is 0 Å². The fraction of sp³-hybridized carbons (Fsp3) is 0.375. The van der Waals surface area contributed by atoms with Crippen LogP contribution in [0.4, 0.5) is 5.69 Å². The van der Waals surface area contributed by atoms with E-state index in [9.17, 15) is 4.79 Å². The van der Waals surface area contributed by atoms with Gasteiger partial charge in [0.2, 0.25) is 0 Å². The molecular formula is C16H17ClN4O. The monoisotopic (exact) mass is 316 g/mol. The van der Waals surface area contributed by atoms with Gasteiger partial charge < -0.3 is 10.2 Å². The molecule has 1 atom stereocenters. The van der Waals surface area contributed by atoms with Gasteiger partial charge in [0.25, 0.3) is 5.91 Å². The standard InChI is InChI=1S/C16H17ClN4O/c1-3-13-9(7-18-21(13)4-2)15-19-12-6-5-11(17)10-8-20(15)16(22)14(10)12/h5-7,15,19H,3-4,8H2,1-2H3. The minimum atomic E-state index is -0.175. The molecule has 0 saturated heterocycles. The minimum Gasteiger partial charge on any atom is -0.361 e. The molecule has 1 unspecified atom stereocenters. The predicted molar refractivity (Wildman–Crippen MR) is 85.0 cm³/mol. The van der Waals surface area contributed by atoms with Crippen LogP contribution in [-0.4, -0.2) is 20.6 Å². The predicted octanol–water partition coefficient (Wildman–Crippen LogP) is 3.20. The quantitative estimate of drug-likeness (QED) is 0.946. The Hall–Kier alpha value is -2.01. The molecule has 0 saturated carbocycles. The summed E-state index contributed by atoms with van der Waals surface area (Å²) in [6, 6.07) is 3.75. The molecule has 2 aromatic rings. The number of nitrogens with one attached hydrogen (secondary N) is 1. The van der Waals surface area contributed by atoms with Crippen molar-refractivity contribution in [2.45, 2.75) is 39.5 Å². The number of carbonyl (C=O) groups excluding carboxylic acids is 1. The van der Waals surface area contributed by atoms with Crippen LogP contribution in [0, 0.1) is 0 Å². The van der Waals surface area contributed by atoms with Gasteiger partial charge in [-0.25, -0.2) is 0 Å². The number of amides is 1. The Morgan fingerprint density at radius 2 is 2.23 bits per heavy atom. The van der Waals surface area contributed by atoms with Crippen LogP contribution in [0.1, 0.15) is 47.2 Å². The van der Waals surface area contributed by atoms with Crippen LogP contribution in [-0.2, 0) is 19.5 Å². The molecule has 3 heterocycles. The Bertz CT molecular complexity index is 783. The van der Waals surface area contributed by atoms with Gasteiger partial charge in [0.15, 0.2) is 0 Å². The molecule has 0 fully saturated rings. The zero-order valence-electron chi connectivity index (χ0n) is 12.6. The Labute approximate surface area is 133 Å². The molecule has 1 N–H and O–H groups in total. The smallest absolute Gasteiger partial charge is 0.258 e. The summed E-state index contributed by atoms with van der Waals surface area (Å²) < 4.78 is 2.00. The summed E-state index contributed by atoms with van der Waals surface area (Å²) in [6.45, 7) is 5.57. The number of fused-ring (bicyclic) bond motifs is 1. The van der Waals surface area contributed by atoms with E-state index < -0.39 is 0 Å². The summed E-state index contributed by atoms with van der Waals surface area (Å²) in [6.07, 6.45) is 2.58. The Morgan fingerprint density at radius 3 is 2.95 bits per heavy atom. The lowest BCUT2D eigenvalue weighted by atomic mass is 10.0. The van der Waals surface area contributed by atoms with Gasteiger partial charge in [-0.15, -0.1) is 0 Å². The van der Waals surface area contributed by atoms with Crippen LogP contribution < -0.4 is 5.32 Å². The first-order valence-electron chi connectivity index (χ1n) is 7.59. The van der Waals surface area contributed by atoms with Crippen molar-refractivity contribution in [2.75, 3.05) is 5.32 Å². The number of benzene rings is 1. The largest absolute Gasteiger partial charge is 0.361 e. The maximum absolute atomic E-state index is 12.7. The first kappa shape index (κ1) is 13.6. The summed E-state index contributed by atoms with van der Waals surface area (Å²) in [5.74, 6) is 0.0579. The molecular weight excluding hydrogens is 300 g/mol. The second-order valence-electron chi connectivity index (χ2n) is 5.64. The molecule has 0 spiro atoms. The molecule has 22 heavy (non-hydrogen) atoms. The number of hydrogen-bond donors (Lipinski definition) is 1. The highest BCUT2D eigenvalue weighted by Gasteiger charge is 2.42. The van der Waals surface area contributed by atoms with Gasteiger partial charge in [-0.3, -0.25) is 9.48 Å². The van der Waals surface area contributed by atoms with Crippen LogP contribution in [0.3, 0.4) is 0 Å². The number of rotatable bonds is 3. The van der Waals surface area contributed by atoms with Gasteiger partial charge in [-0.2, -0.15) is 5.10 Å². The average molecular weight is 317 g/mol. The lowest BCUT2D eigenvalue weighted by Crippen LogP contribution is -2.37. The van der Waals surface area contributed by atoms with Crippen molar-refractivity contribution in [2.24, 2.45) is 0 Å². The van der Waals surface area contributed by atoms with Crippen LogP contribution >= 0.6 is 11.6 Å². The number of carbonyl (C=O) groups is 1. The van der Waals surface area contributed by atoms with Crippen LogP contribution in [0.2, 0.25) is 5.02 Å². The van der Waals surface area contributed by atoms with Crippen molar-refractivity contribution in [1.82, 2.24) is 14.7 Å². The molecule has 2 bridgehead atoms. The summed E-state index contributed by atoms with van der Waals surface area (Å²) in [5.41, 5.74) is 4.77. The van der Waals surface area contributed by atoms with Crippen molar-refractivity contribution < 1.29 is 4.79 Å². The van der Waals surface area contributed by atoms with Crippen LogP contribution in [0.25, 0.3) is 0 Å². The lowest BCUT2D eigenvalue weighted by molar-refractivity contribution is 0.0710. The third-order valence-corrected chi connectivity index (χ3v) is 4.93. The third-order valence-electron chi connectivity index (χ3n) is 4.57. The topological polar surface area (TPSA) is 50.2 Å². The summed E-state index contributed by atoms with van der Waals surface area (Å²) >= 11 is 6.26. The second-order valence-corrected chi connectivity index (χ2v) is 6.05. The number of hydrogen-bond acceptors (Lipinski definition) is 3. The molecule has 1 aromatic carbocycles.